The second-order valence-electron chi connectivity index (χ2n) is 9.21. The number of amides is 1. The summed E-state index contributed by atoms with van der Waals surface area (Å²) in [5, 5.41) is 15.1. The number of anilines is 3. The van der Waals surface area contributed by atoms with Crippen LogP contribution in [0.2, 0.25) is 0 Å². The number of benzene rings is 1. The van der Waals surface area contributed by atoms with Crippen LogP contribution >= 0.6 is 0 Å². The van der Waals surface area contributed by atoms with Gasteiger partial charge < -0.3 is 20.4 Å². The zero-order valence-electron chi connectivity index (χ0n) is 18.8. The Hall–Kier alpha value is -3.20. The fraction of sp³-hybridized carbons (Fsp3) is 0.478. The molecule has 2 saturated heterocycles. The van der Waals surface area contributed by atoms with Gasteiger partial charge in [0.2, 0.25) is 11.9 Å². The molecule has 1 aromatic carbocycles. The van der Waals surface area contributed by atoms with Crippen molar-refractivity contribution in [2.75, 3.05) is 31.3 Å². The topological polar surface area (TPSA) is 102 Å². The molecule has 2 aromatic heterocycles. The molecule has 2 bridgehead atoms. The number of nitrogens with zero attached hydrogens (tertiary/aromatic N) is 5. The van der Waals surface area contributed by atoms with Gasteiger partial charge in [-0.2, -0.15) is 10.1 Å². The highest BCUT2D eigenvalue weighted by atomic mass is 16.2. The lowest BCUT2D eigenvalue weighted by atomic mass is 9.97. The van der Waals surface area contributed by atoms with Gasteiger partial charge in [-0.3, -0.25) is 9.89 Å². The van der Waals surface area contributed by atoms with Gasteiger partial charge in [-0.25, -0.2) is 4.98 Å². The van der Waals surface area contributed by atoms with E-state index >= 15 is 0 Å². The third-order valence-corrected chi connectivity index (χ3v) is 6.36. The van der Waals surface area contributed by atoms with Gasteiger partial charge in [0.25, 0.3) is 0 Å². The smallest absolute Gasteiger partial charge is 0.237 e. The van der Waals surface area contributed by atoms with Crippen molar-refractivity contribution in [3.63, 3.8) is 0 Å². The lowest BCUT2D eigenvalue weighted by molar-refractivity contribution is -0.136. The number of likely N-dealkylation sites (N-methyl/N-ethyl adjacent to an activating group) is 1. The van der Waals surface area contributed by atoms with Gasteiger partial charge in [0.05, 0.1) is 12.1 Å². The minimum atomic E-state index is 0.240. The van der Waals surface area contributed by atoms with E-state index in [0.29, 0.717) is 24.6 Å². The number of hydrogen-bond donors (Lipinski definition) is 3. The maximum Gasteiger partial charge on any atom is 0.237 e. The zero-order valence-corrected chi connectivity index (χ0v) is 18.8. The van der Waals surface area contributed by atoms with E-state index in [1.807, 2.05) is 56.3 Å². The Balaban J connectivity index is 1.35. The Labute approximate surface area is 187 Å². The van der Waals surface area contributed by atoms with E-state index in [1.54, 1.807) is 0 Å². The molecule has 3 aromatic rings. The number of piperidine rings is 1. The number of hydrogen-bond acceptors (Lipinski definition) is 7. The van der Waals surface area contributed by atoms with Gasteiger partial charge in [0, 0.05) is 35.3 Å². The van der Waals surface area contributed by atoms with Crippen LogP contribution in [0.3, 0.4) is 0 Å². The molecule has 0 unspecified atom stereocenters. The van der Waals surface area contributed by atoms with Crippen molar-refractivity contribution in [3.05, 3.63) is 36.0 Å². The van der Waals surface area contributed by atoms with Crippen LogP contribution in [0.1, 0.15) is 31.4 Å². The molecule has 4 heterocycles. The molecule has 9 nitrogen and oxygen atoms in total. The molecule has 0 saturated carbocycles. The summed E-state index contributed by atoms with van der Waals surface area (Å²) in [6.45, 7) is 2.44. The molecule has 0 radical (unpaired) electrons. The van der Waals surface area contributed by atoms with E-state index in [-0.39, 0.29) is 11.9 Å². The third-order valence-electron chi connectivity index (χ3n) is 6.36. The Bertz CT molecular complexity index is 1110. The van der Waals surface area contributed by atoms with Crippen LogP contribution in [0, 0.1) is 6.92 Å². The molecular formula is C23H30N8O. The van der Waals surface area contributed by atoms with E-state index in [4.69, 9.17) is 9.97 Å². The molecule has 5 rings (SSSR count). The lowest BCUT2D eigenvalue weighted by Gasteiger charge is -2.39. The summed E-state index contributed by atoms with van der Waals surface area (Å²) in [6, 6.07) is 10.8. The number of nitrogens with one attached hydrogen (secondary N) is 3. The highest BCUT2D eigenvalue weighted by Gasteiger charge is 2.43. The van der Waals surface area contributed by atoms with Crippen molar-refractivity contribution in [3.8, 4) is 0 Å². The van der Waals surface area contributed by atoms with Crippen molar-refractivity contribution in [1.29, 1.82) is 0 Å². The van der Waals surface area contributed by atoms with E-state index in [1.165, 1.54) is 0 Å². The molecule has 2 aliphatic heterocycles. The fourth-order valence-electron chi connectivity index (χ4n) is 5.08. The SMILES string of the molecule is Cc1cc(Nc2nc(NC3C[C@@H]4CC[C@@H](C3)N4C(=O)CN(C)C)nc3ccccc23)n[nH]1. The van der Waals surface area contributed by atoms with E-state index in [0.717, 1.165) is 53.9 Å². The molecule has 3 N–H and O–H groups in total. The minimum absolute atomic E-state index is 0.240. The maximum absolute atomic E-state index is 12.7. The van der Waals surface area contributed by atoms with Gasteiger partial charge >= 0.3 is 0 Å². The van der Waals surface area contributed by atoms with E-state index < -0.39 is 0 Å². The number of H-pyrrole nitrogens is 1. The summed E-state index contributed by atoms with van der Waals surface area (Å²) in [6.07, 6.45) is 4.00. The normalized spacial score (nSPS) is 22.5. The van der Waals surface area contributed by atoms with Gasteiger partial charge in [-0.1, -0.05) is 12.1 Å². The summed E-state index contributed by atoms with van der Waals surface area (Å²) in [5.74, 6) is 2.30. The van der Waals surface area contributed by atoms with Crippen LogP contribution in [0.4, 0.5) is 17.6 Å². The van der Waals surface area contributed by atoms with Crippen LogP contribution in [0.5, 0.6) is 0 Å². The highest BCUT2D eigenvalue weighted by Crippen LogP contribution is 2.37. The first kappa shape index (κ1) is 20.7. The quantitative estimate of drug-likeness (QED) is 0.548. The standard InChI is InChI=1S/C23H30N8O/c1-14-10-20(29-28-14)26-22-18-6-4-5-7-19(18)25-23(27-22)24-15-11-16-8-9-17(12-15)31(16)21(32)13-30(2)3/h4-7,10,15-17H,8-9,11-13H2,1-3H3,(H3,24,25,26,27,28,29)/t16-,17-/m0/s1. The fourth-order valence-corrected chi connectivity index (χ4v) is 5.08. The first-order valence-electron chi connectivity index (χ1n) is 11.2. The largest absolute Gasteiger partial charge is 0.351 e. The Kier molecular flexibility index (Phi) is 5.42. The zero-order chi connectivity index (χ0) is 22.2. The molecule has 0 spiro atoms. The Morgan fingerprint density at radius 1 is 1.19 bits per heavy atom. The molecule has 9 heteroatoms. The Morgan fingerprint density at radius 3 is 2.62 bits per heavy atom. The van der Waals surface area contributed by atoms with Gasteiger partial charge in [-0.05, 0) is 58.8 Å². The van der Waals surface area contributed by atoms with E-state index in [2.05, 4.69) is 25.7 Å². The molecule has 1 amide bonds. The number of para-hydroxylation sites is 1. The van der Waals surface area contributed by atoms with Gasteiger partial charge in [-0.15, -0.1) is 0 Å². The monoisotopic (exact) mass is 434 g/mol. The molecule has 168 valence electrons. The number of aryl methyl sites for hydroxylation is 1. The predicted molar refractivity (Wildman–Crippen MR) is 125 cm³/mol. The summed E-state index contributed by atoms with van der Waals surface area (Å²) >= 11 is 0. The van der Waals surface area contributed by atoms with Crippen LogP contribution in [0.15, 0.2) is 30.3 Å². The van der Waals surface area contributed by atoms with Crippen molar-refractivity contribution in [2.45, 2.75) is 50.7 Å². The van der Waals surface area contributed by atoms with Crippen molar-refractivity contribution in [2.24, 2.45) is 0 Å². The predicted octanol–water partition coefficient (Wildman–Crippen LogP) is 2.90. The molecular weight excluding hydrogens is 404 g/mol. The first-order chi connectivity index (χ1) is 15.5. The average molecular weight is 435 g/mol. The summed E-state index contributed by atoms with van der Waals surface area (Å²) in [7, 11) is 3.89. The first-order valence-corrected chi connectivity index (χ1v) is 11.2. The average Bonchev–Trinajstić information content (AvgIpc) is 3.27. The molecule has 2 atom stereocenters. The van der Waals surface area contributed by atoms with E-state index in [9.17, 15) is 4.79 Å². The molecule has 0 aliphatic carbocycles. The summed E-state index contributed by atoms with van der Waals surface area (Å²) in [4.78, 5) is 26.4. The summed E-state index contributed by atoms with van der Waals surface area (Å²) in [5.41, 5.74) is 1.86. The second kappa shape index (κ2) is 8.38. The Morgan fingerprint density at radius 2 is 1.94 bits per heavy atom. The van der Waals surface area contributed by atoms with Gasteiger partial charge in [0.1, 0.15) is 5.82 Å². The number of rotatable bonds is 6. The van der Waals surface area contributed by atoms with Crippen LogP contribution in [-0.2, 0) is 4.79 Å². The maximum atomic E-state index is 12.7. The number of aromatic nitrogens is 4. The number of carbonyl (C=O) groups is 1. The van der Waals surface area contributed by atoms with Gasteiger partial charge in [0.15, 0.2) is 5.82 Å². The molecule has 2 aliphatic rings. The lowest BCUT2D eigenvalue weighted by Crippen LogP contribution is -2.52. The number of aromatic amines is 1. The van der Waals surface area contributed by atoms with Crippen LogP contribution in [-0.4, -0.2) is 74.6 Å². The number of fused-ring (bicyclic) bond motifs is 3. The van der Waals surface area contributed by atoms with Crippen LogP contribution < -0.4 is 10.6 Å². The summed E-state index contributed by atoms with van der Waals surface area (Å²) < 4.78 is 0. The minimum Gasteiger partial charge on any atom is -0.351 e. The van der Waals surface area contributed by atoms with Crippen molar-refractivity contribution < 1.29 is 4.79 Å². The number of carbonyl (C=O) groups excluding carboxylic acids is 1. The highest BCUT2D eigenvalue weighted by molar-refractivity contribution is 5.91. The van der Waals surface area contributed by atoms with Crippen molar-refractivity contribution in [1.82, 2.24) is 30.0 Å². The second-order valence-corrected chi connectivity index (χ2v) is 9.21. The van der Waals surface area contributed by atoms with Crippen molar-refractivity contribution >= 4 is 34.4 Å². The third kappa shape index (κ3) is 4.12. The van der Waals surface area contributed by atoms with Crippen LogP contribution in [0.25, 0.3) is 10.9 Å². The molecule has 2 fully saturated rings. The molecule has 32 heavy (non-hydrogen) atoms.